The van der Waals surface area contributed by atoms with Crippen LogP contribution < -0.4 is 5.32 Å². The minimum absolute atomic E-state index is 1.04. The van der Waals surface area contributed by atoms with Gasteiger partial charge in [-0.3, -0.25) is 4.90 Å². The monoisotopic (exact) mass is 263 g/mol. The third kappa shape index (κ3) is 2.50. The van der Waals surface area contributed by atoms with Crippen LogP contribution in [0.5, 0.6) is 0 Å². The van der Waals surface area contributed by atoms with E-state index in [1.807, 2.05) is 7.05 Å². The zero-order valence-electron chi connectivity index (χ0n) is 11.0. The molecule has 0 unspecified atom stereocenters. The largest absolute Gasteiger partial charge is 0.373 e. The predicted molar refractivity (Wildman–Crippen MR) is 78.4 cm³/mol. The second-order valence-corrected chi connectivity index (χ2v) is 6.31. The molecule has 1 N–H and O–H groups in total. The average Bonchev–Trinajstić information content (AvgIpc) is 2.88. The van der Waals surface area contributed by atoms with Gasteiger partial charge in [0.1, 0.15) is 5.82 Å². The Kier molecular flexibility index (Phi) is 3.75. The number of aryl methyl sites for hydroxylation is 1. The van der Waals surface area contributed by atoms with E-state index in [2.05, 4.69) is 28.0 Å². The molecule has 0 spiro atoms. The maximum Gasteiger partial charge on any atom is 0.126 e. The predicted octanol–water partition coefficient (Wildman–Crippen LogP) is 2.16. The number of anilines is 1. The van der Waals surface area contributed by atoms with Crippen LogP contribution in [0.3, 0.4) is 0 Å². The number of rotatable bonds is 3. The van der Waals surface area contributed by atoms with E-state index in [0.29, 0.717) is 0 Å². The van der Waals surface area contributed by atoms with Gasteiger partial charge in [0.15, 0.2) is 0 Å². The van der Waals surface area contributed by atoms with Crippen molar-refractivity contribution in [2.75, 3.05) is 37.0 Å². The molecule has 1 saturated heterocycles. The lowest BCUT2D eigenvalue weighted by Crippen LogP contribution is -2.32. The Morgan fingerprint density at radius 3 is 2.94 bits per heavy atom. The van der Waals surface area contributed by atoms with Gasteiger partial charge in [0.25, 0.3) is 0 Å². The van der Waals surface area contributed by atoms with Gasteiger partial charge < -0.3 is 5.32 Å². The number of pyridine rings is 1. The smallest absolute Gasteiger partial charge is 0.126 e. The SMILES string of the molecule is CNc1cc(CN2CCSCC2)c2c(n1)CCC2. The van der Waals surface area contributed by atoms with Gasteiger partial charge in [-0.15, -0.1) is 0 Å². The highest BCUT2D eigenvalue weighted by atomic mass is 32.2. The van der Waals surface area contributed by atoms with Crippen molar-refractivity contribution >= 4 is 17.6 Å². The summed E-state index contributed by atoms with van der Waals surface area (Å²) in [5.41, 5.74) is 4.38. The molecule has 1 aliphatic carbocycles. The topological polar surface area (TPSA) is 28.2 Å². The highest BCUT2D eigenvalue weighted by molar-refractivity contribution is 7.99. The van der Waals surface area contributed by atoms with Crippen molar-refractivity contribution in [2.24, 2.45) is 0 Å². The molecule has 18 heavy (non-hydrogen) atoms. The highest BCUT2D eigenvalue weighted by Gasteiger charge is 2.20. The molecule has 2 aliphatic rings. The third-order valence-electron chi connectivity index (χ3n) is 3.90. The van der Waals surface area contributed by atoms with Crippen molar-refractivity contribution in [3.8, 4) is 0 Å². The lowest BCUT2D eigenvalue weighted by atomic mass is 10.1. The number of hydrogen-bond acceptors (Lipinski definition) is 4. The minimum Gasteiger partial charge on any atom is -0.373 e. The van der Waals surface area contributed by atoms with E-state index in [-0.39, 0.29) is 0 Å². The van der Waals surface area contributed by atoms with Gasteiger partial charge in [-0.1, -0.05) is 0 Å². The molecule has 4 heteroatoms. The Balaban J connectivity index is 1.83. The summed E-state index contributed by atoms with van der Waals surface area (Å²) in [5, 5.41) is 3.20. The summed E-state index contributed by atoms with van der Waals surface area (Å²) in [4.78, 5) is 7.28. The lowest BCUT2D eigenvalue weighted by molar-refractivity contribution is 0.294. The summed E-state index contributed by atoms with van der Waals surface area (Å²) in [7, 11) is 1.96. The molecule has 1 fully saturated rings. The van der Waals surface area contributed by atoms with Crippen molar-refractivity contribution < 1.29 is 0 Å². The van der Waals surface area contributed by atoms with Crippen LogP contribution in [0.1, 0.15) is 23.2 Å². The van der Waals surface area contributed by atoms with Crippen molar-refractivity contribution in [3.05, 3.63) is 22.9 Å². The normalized spacial score (nSPS) is 19.8. The maximum atomic E-state index is 4.69. The minimum atomic E-state index is 1.04. The molecule has 2 heterocycles. The fraction of sp³-hybridized carbons (Fsp3) is 0.643. The molecule has 0 aromatic carbocycles. The molecule has 0 atom stereocenters. The van der Waals surface area contributed by atoms with Gasteiger partial charge in [0.05, 0.1) is 0 Å². The van der Waals surface area contributed by atoms with Crippen LogP contribution in [-0.4, -0.2) is 41.5 Å². The van der Waals surface area contributed by atoms with Crippen molar-refractivity contribution in [2.45, 2.75) is 25.8 Å². The number of aromatic nitrogens is 1. The van der Waals surface area contributed by atoms with Crippen LogP contribution in [0.25, 0.3) is 0 Å². The third-order valence-corrected chi connectivity index (χ3v) is 4.84. The van der Waals surface area contributed by atoms with E-state index in [0.717, 1.165) is 18.8 Å². The number of nitrogens with one attached hydrogen (secondary N) is 1. The number of nitrogens with zero attached hydrogens (tertiary/aromatic N) is 2. The number of fused-ring (bicyclic) bond motifs is 1. The van der Waals surface area contributed by atoms with Gasteiger partial charge in [-0.05, 0) is 36.5 Å². The fourth-order valence-electron chi connectivity index (χ4n) is 2.90. The molecule has 0 amide bonds. The molecule has 1 aromatic heterocycles. The second-order valence-electron chi connectivity index (χ2n) is 5.08. The fourth-order valence-corrected chi connectivity index (χ4v) is 3.87. The van der Waals surface area contributed by atoms with Gasteiger partial charge >= 0.3 is 0 Å². The Morgan fingerprint density at radius 2 is 2.17 bits per heavy atom. The zero-order valence-corrected chi connectivity index (χ0v) is 11.9. The molecule has 3 rings (SSSR count). The summed E-state index contributed by atoms with van der Waals surface area (Å²) in [6, 6.07) is 2.26. The maximum absolute atomic E-state index is 4.69. The van der Waals surface area contributed by atoms with Crippen LogP contribution in [-0.2, 0) is 19.4 Å². The van der Waals surface area contributed by atoms with Crippen LogP contribution in [0, 0.1) is 0 Å². The van der Waals surface area contributed by atoms with E-state index >= 15 is 0 Å². The van der Waals surface area contributed by atoms with E-state index in [1.54, 1.807) is 0 Å². The van der Waals surface area contributed by atoms with Gasteiger partial charge in [-0.2, -0.15) is 11.8 Å². The van der Waals surface area contributed by atoms with E-state index < -0.39 is 0 Å². The standard InChI is InChI=1S/C14H21N3S/c1-15-14-9-11(10-17-5-7-18-8-6-17)12-3-2-4-13(12)16-14/h9H,2-8,10H2,1H3,(H,15,16). The molecule has 3 nitrogen and oxygen atoms in total. The first kappa shape index (κ1) is 12.3. The summed E-state index contributed by atoms with van der Waals surface area (Å²) in [5.74, 6) is 3.61. The van der Waals surface area contributed by atoms with Crippen LogP contribution >= 0.6 is 11.8 Å². The highest BCUT2D eigenvalue weighted by Crippen LogP contribution is 2.27. The Bertz CT molecular complexity index is 427. The zero-order chi connectivity index (χ0) is 12.4. The quantitative estimate of drug-likeness (QED) is 0.904. The van der Waals surface area contributed by atoms with Gasteiger partial charge in [-0.25, -0.2) is 4.98 Å². The van der Waals surface area contributed by atoms with Gasteiger partial charge in [0, 0.05) is 43.9 Å². The first-order valence-corrected chi connectivity index (χ1v) is 8.02. The summed E-state index contributed by atoms with van der Waals surface area (Å²) in [6.45, 7) is 3.58. The molecule has 98 valence electrons. The van der Waals surface area contributed by atoms with Crippen LogP contribution in [0.15, 0.2) is 6.07 Å². The van der Waals surface area contributed by atoms with E-state index in [9.17, 15) is 0 Å². The summed E-state index contributed by atoms with van der Waals surface area (Å²) >= 11 is 2.08. The Hall–Kier alpha value is -0.740. The molecule has 0 radical (unpaired) electrons. The van der Waals surface area contributed by atoms with E-state index in [4.69, 9.17) is 4.98 Å². The Morgan fingerprint density at radius 1 is 1.33 bits per heavy atom. The Labute approximate surface area is 113 Å². The summed E-state index contributed by atoms with van der Waals surface area (Å²) < 4.78 is 0. The first-order chi connectivity index (χ1) is 8.86. The first-order valence-electron chi connectivity index (χ1n) is 6.86. The molecular formula is C14H21N3S. The molecule has 1 aliphatic heterocycles. The van der Waals surface area contributed by atoms with E-state index in [1.165, 1.54) is 54.3 Å². The van der Waals surface area contributed by atoms with Crippen molar-refractivity contribution in [1.82, 2.24) is 9.88 Å². The molecule has 0 bridgehead atoms. The van der Waals surface area contributed by atoms with Crippen LogP contribution in [0.2, 0.25) is 0 Å². The summed E-state index contributed by atoms with van der Waals surface area (Å²) in [6.07, 6.45) is 3.66. The molecular weight excluding hydrogens is 242 g/mol. The van der Waals surface area contributed by atoms with Gasteiger partial charge in [0.2, 0.25) is 0 Å². The molecule has 1 aromatic rings. The van der Waals surface area contributed by atoms with Crippen molar-refractivity contribution in [3.63, 3.8) is 0 Å². The van der Waals surface area contributed by atoms with Crippen molar-refractivity contribution in [1.29, 1.82) is 0 Å². The lowest BCUT2D eigenvalue weighted by Gasteiger charge is -2.27. The second kappa shape index (κ2) is 5.49. The van der Waals surface area contributed by atoms with Crippen LogP contribution in [0.4, 0.5) is 5.82 Å². The molecule has 0 saturated carbocycles. The number of thioether (sulfide) groups is 1. The number of hydrogen-bond donors (Lipinski definition) is 1. The average molecular weight is 263 g/mol.